The number of nitrogens with zero attached hydrogens (tertiary/aromatic N) is 2. The molecule has 5 rings (SSSR count). The van der Waals surface area contributed by atoms with Gasteiger partial charge in [0.25, 0.3) is 5.91 Å². The van der Waals surface area contributed by atoms with Crippen LogP contribution in [-0.4, -0.2) is 46.9 Å². The number of nitrogens with one attached hydrogen (secondary N) is 1. The van der Waals surface area contributed by atoms with E-state index in [-0.39, 0.29) is 17.6 Å². The second-order valence-corrected chi connectivity index (χ2v) is 8.94. The largest absolute Gasteiger partial charge is 0.467 e. The maximum atomic E-state index is 13.2. The number of aliphatic imine (C=N–C) groups is 1. The number of carbonyl (C=O) groups is 2. The molecule has 1 N–H and O–H groups in total. The number of hydrogen-bond donors (Lipinski definition) is 1. The van der Waals surface area contributed by atoms with Gasteiger partial charge in [-0.3, -0.25) is 14.6 Å². The number of rotatable bonds is 4. The van der Waals surface area contributed by atoms with Crippen molar-refractivity contribution in [3.8, 4) is 0 Å². The summed E-state index contributed by atoms with van der Waals surface area (Å²) in [6, 6.07) is 4.95. The molecule has 1 unspecified atom stereocenters. The average Bonchev–Trinajstić information content (AvgIpc) is 3.49. The Morgan fingerprint density at radius 2 is 2.03 bits per heavy atom. The van der Waals surface area contributed by atoms with E-state index in [2.05, 4.69) is 15.3 Å². The molecule has 1 fully saturated rings. The molecule has 5 heterocycles. The molecule has 2 atom stereocenters. The fourth-order valence-corrected chi connectivity index (χ4v) is 5.30. The van der Waals surface area contributed by atoms with Crippen molar-refractivity contribution in [2.75, 3.05) is 19.8 Å². The minimum atomic E-state index is -0.458. The molecule has 2 aromatic heterocycles. The highest BCUT2D eigenvalue weighted by Crippen LogP contribution is 2.40. The van der Waals surface area contributed by atoms with Gasteiger partial charge >= 0.3 is 0 Å². The van der Waals surface area contributed by atoms with Crippen molar-refractivity contribution in [2.24, 2.45) is 10.9 Å². The van der Waals surface area contributed by atoms with E-state index >= 15 is 0 Å². The SMILES string of the molecule is O=C(NC1=N[C@@H](c2ccco2)C(C(=O)C2CCOCC2)S1)c1cnc2c(c1)COCC2. The Balaban J connectivity index is 1.33. The number of amidine groups is 1. The molecule has 2 aromatic rings. The van der Waals surface area contributed by atoms with Crippen molar-refractivity contribution in [3.63, 3.8) is 0 Å². The van der Waals surface area contributed by atoms with Crippen molar-refractivity contribution in [2.45, 2.75) is 37.2 Å². The summed E-state index contributed by atoms with van der Waals surface area (Å²) in [5, 5.41) is 2.85. The highest BCUT2D eigenvalue weighted by atomic mass is 32.2. The van der Waals surface area contributed by atoms with Crippen molar-refractivity contribution < 1.29 is 23.5 Å². The van der Waals surface area contributed by atoms with Crippen molar-refractivity contribution in [1.29, 1.82) is 0 Å². The van der Waals surface area contributed by atoms with Gasteiger partial charge in [-0.1, -0.05) is 11.8 Å². The smallest absolute Gasteiger partial charge is 0.258 e. The van der Waals surface area contributed by atoms with Crippen LogP contribution in [0.25, 0.3) is 0 Å². The van der Waals surface area contributed by atoms with Gasteiger partial charge < -0.3 is 19.2 Å². The van der Waals surface area contributed by atoms with Gasteiger partial charge in [0.1, 0.15) is 17.1 Å². The van der Waals surface area contributed by atoms with Crippen LogP contribution in [0.5, 0.6) is 0 Å². The second kappa shape index (κ2) is 8.94. The van der Waals surface area contributed by atoms with Crippen LogP contribution < -0.4 is 5.32 Å². The minimum absolute atomic E-state index is 0.0567. The molecule has 3 aliphatic rings. The van der Waals surface area contributed by atoms with Gasteiger partial charge in [-0.15, -0.1) is 0 Å². The Bertz CT molecular complexity index is 1000. The molecule has 162 valence electrons. The van der Waals surface area contributed by atoms with Gasteiger partial charge in [0.05, 0.1) is 25.0 Å². The lowest BCUT2D eigenvalue weighted by atomic mass is 9.90. The predicted octanol–water partition coefficient (Wildman–Crippen LogP) is 2.69. The van der Waals surface area contributed by atoms with E-state index in [0.29, 0.717) is 55.8 Å². The van der Waals surface area contributed by atoms with Crippen LogP contribution in [0.15, 0.2) is 40.1 Å². The Labute approximate surface area is 183 Å². The molecule has 0 bridgehead atoms. The van der Waals surface area contributed by atoms with E-state index in [1.54, 1.807) is 18.5 Å². The zero-order valence-electron chi connectivity index (χ0n) is 16.9. The number of furan rings is 1. The van der Waals surface area contributed by atoms with Crippen molar-refractivity contribution >= 4 is 28.6 Å². The summed E-state index contributed by atoms with van der Waals surface area (Å²) >= 11 is 1.29. The zero-order chi connectivity index (χ0) is 21.2. The van der Waals surface area contributed by atoms with Crippen molar-refractivity contribution in [1.82, 2.24) is 10.3 Å². The highest BCUT2D eigenvalue weighted by molar-refractivity contribution is 8.15. The lowest BCUT2D eigenvalue weighted by Gasteiger charge is -2.24. The van der Waals surface area contributed by atoms with E-state index in [4.69, 9.17) is 13.9 Å². The number of thioether (sulfide) groups is 1. The molecule has 0 aliphatic carbocycles. The molecule has 0 radical (unpaired) electrons. The molecule has 3 aliphatic heterocycles. The van der Waals surface area contributed by atoms with E-state index in [1.165, 1.54) is 11.8 Å². The fourth-order valence-electron chi connectivity index (χ4n) is 4.10. The third kappa shape index (κ3) is 4.30. The van der Waals surface area contributed by atoms with Gasteiger partial charge in [-0.25, -0.2) is 4.99 Å². The molecule has 0 saturated carbocycles. The van der Waals surface area contributed by atoms with Gasteiger partial charge in [0, 0.05) is 43.0 Å². The summed E-state index contributed by atoms with van der Waals surface area (Å²) in [5.74, 6) is 0.397. The third-order valence-corrected chi connectivity index (χ3v) is 6.98. The number of fused-ring (bicyclic) bond motifs is 1. The molecular weight excluding hydrogens is 418 g/mol. The Kier molecular flexibility index (Phi) is 5.89. The van der Waals surface area contributed by atoms with Crippen LogP contribution in [0.2, 0.25) is 0 Å². The predicted molar refractivity (Wildman–Crippen MR) is 114 cm³/mol. The summed E-state index contributed by atoms with van der Waals surface area (Å²) in [6.07, 6.45) is 5.33. The first-order valence-electron chi connectivity index (χ1n) is 10.5. The maximum Gasteiger partial charge on any atom is 0.258 e. The Morgan fingerprint density at radius 3 is 2.84 bits per heavy atom. The summed E-state index contributed by atoms with van der Waals surface area (Å²) < 4.78 is 16.4. The number of aromatic nitrogens is 1. The van der Waals surface area contributed by atoms with Gasteiger partial charge in [0.2, 0.25) is 0 Å². The summed E-state index contributed by atoms with van der Waals surface area (Å²) in [4.78, 5) is 35.1. The number of Topliss-reactive ketones (excluding diaryl/α,β-unsaturated/α-hetero) is 1. The van der Waals surface area contributed by atoms with E-state index in [9.17, 15) is 9.59 Å². The van der Waals surface area contributed by atoms with E-state index in [0.717, 1.165) is 17.7 Å². The normalized spacial score (nSPS) is 23.8. The third-order valence-electron chi connectivity index (χ3n) is 5.80. The van der Waals surface area contributed by atoms with E-state index < -0.39 is 11.3 Å². The van der Waals surface area contributed by atoms with Crippen LogP contribution >= 0.6 is 11.8 Å². The zero-order valence-corrected chi connectivity index (χ0v) is 17.7. The molecule has 1 amide bonds. The molecular formula is C22H23N3O5S. The number of hydrogen-bond acceptors (Lipinski definition) is 8. The number of pyridine rings is 1. The molecule has 1 saturated heterocycles. The van der Waals surface area contributed by atoms with Crippen LogP contribution in [0, 0.1) is 5.92 Å². The first-order valence-corrected chi connectivity index (χ1v) is 11.3. The van der Waals surface area contributed by atoms with Crippen LogP contribution in [0.3, 0.4) is 0 Å². The monoisotopic (exact) mass is 441 g/mol. The molecule has 8 nitrogen and oxygen atoms in total. The number of carbonyl (C=O) groups excluding carboxylic acids is 2. The average molecular weight is 442 g/mol. The summed E-state index contributed by atoms with van der Waals surface area (Å²) in [5.41, 5.74) is 2.35. The first kappa shape index (κ1) is 20.4. The number of ether oxygens (including phenoxy) is 2. The highest BCUT2D eigenvalue weighted by Gasteiger charge is 2.41. The van der Waals surface area contributed by atoms with Crippen LogP contribution in [0.4, 0.5) is 0 Å². The maximum absolute atomic E-state index is 13.2. The lowest BCUT2D eigenvalue weighted by Crippen LogP contribution is -2.33. The molecule has 31 heavy (non-hydrogen) atoms. The van der Waals surface area contributed by atoms with Crippen LogP contribution in [0.1, 0.15) is 46.3 Å². The topological polar surface area (TPSA) is 103 Å². The van der Waals surface area contributed by atoms with Crippen molar-refractivity contribution in [3.05, 3.63) is 53.2 Å². The second-order valence-electron chi connectivity index (χ2n) is 7.81. The molecule has 0 aromatic carbocycles. The Hall–Kier alpha value is -2.49. The summed E-state index contributed by atoms with van der Waals surface area (Å²) in [6.45, 7) is 2.30. The first-order chi connectivity index (χ1) is 15.2. The van der Waals surface area contributed by atoms with Gasteiger partial charge in [-0.2, -0.15) is 0 Å². The quantitative estimate of drug-likeness (QED) is 0.778. The molecule has 0 spiro atoms. The molecule has 9 heteroatoms. The lowest BCUT2D eigenvalue weighted by molar-refractivity contribution is -0.125. The minimum Gasteiger partial charge on any atom is -0.467 e. The fraction of sp³-hybridized carbons (Fsp3) is 0.455. The van der Waals surface area contributed by atoms with Gasteiger partial charge in [0.15, 0.2) is 11.0 Å². The van der Waals surface area contributed by atoms with Gasteiger partial charge in [-0.05, 0) is 31.0 Å². The number of amides is 1. The van der Waals surface area contributed by atoms with Crippen LogP contribution in [-0.2, 0) is 27.3 Å². The standard InChI is InChI=1S/C22H23N3O5S/c26-19(13-3-7-28-8-4-13)20-18(17-2-1-6-30-17)24-22(31-20)25-21(27)14-10-15-12-29-9-5-16(15)23-11-14/h1-2,6,10-11,13,18,20H,3-5,7-9,12H2,(H,24,25,27)/t18-,20?/m0/s1. The Morgan fingerprint density at radius 1 is 1.16 bits per heavy atom. The van der Waals surface area contributed by atoms with E-state index in [1.807, 2.05) is 12.1 Å². The summed E-state index contributed by atoms with van der Waals surface area (Å²) in [7, 11) is 0. The number of ketones is 1.